The van der Waals surface area contributed by atoms with Gasteiger partial charge in [0.1, 0.15) is 11.8 Å². The zero-order chi connectivity index (χ0) is 23.5. The van der Waals surface area contributed by atoms with E-state index in [9.17, 15) is 14.4 Å². The van der Waals surface area contributed by atoms with E-state index in [1.807, 2.05) is 9.80 Å². The maximum Gasteiger partial charge on any atom is 0.254 e. The smallest absolute Gasteiger partial charge is 0.254 e. The van der Waals surface area contributed by atoms with Crippen LogP contribution in [0.2, 0.25) is 0 Å². The molecule has 1 aromatic carbocycles. The fourth-order valence-electron chi connectivity index (χ4n) is 4.89. The lowest BCUT2D eigenvalue weighted by Crippen LogP contribution is -2.53. The Bertz CT molecular complexity index is 879. The molecule has 3 amide bonds. The number of rotatable bonds is 7. The van der Waals surface area contributed by atoms with E-state index in [1.54, 1.807) is 36.3 Å². The third-order valence-corrected chi connectivity index (χ3v) is 6.78. The Balaban J connectivity index is 1.61. The van der Waals surface area contributed by atoms with Crippen molar-refractivity contribution >= 4 is 17.7 Å². The Morgan fingerprint density at radius 2 is 1.91 bits per heavy atom. The fraction of sp³-hybridized carbons (Fsp3) is 0.640. The quantitative estimate of drug-likeness (QED) is 0.674. The Kier molecular flexibility index (Phi) is 7.22. The monoisotopic (exact) mass is 456 g/mol. The van der Waals surface area contributed by atoms with Crippen LogP contribution < -0.4 is 10.1 Å². The zero-order valence-electron chi connectivity index (χ0n) is 20.0. The van der Waals surface area contributed by atoms with Gasteiger partial charge in [-0.3, -0.25) is 14.4 Å². The number of piperazine rings is 1. The summed E-state index contributed by atoms with van der Waals surface area (Å²) in [6.45, 7) is 8.02. The highest BCUT2D eigenvalue weighted by Gasteiger charge is 2.46. The lowest BCUT2D eigenvalue weighted by atomic mass is 10.1. The number of nitrogens with zero attached hydrogens (tertiary/aromatic N) is 3. The predicted octanol–water partition coefficient (Wildman–Crippen LogP) is 1.60. The summed E-state index contributed by atoms with van der Waals surface area (Å²) in [5.41, 5.74) is 0.497. The van der Waals surface area contributed by atoms with Gasteiger partial charge in [0.15, 0.2) is 0 Å². The van der Waals surface area contributed by atoms with Crippen LogP contribution in [-0.2, 0) is 9.59 Å². The highest BCUT2D eigenvalue weighted by atomic mass is 16.5. The van der Waals surface area contributed by atoms with Gasteiger partial charge >= 0.3 is 0 Å². The minimum atomic E-state index is -0.562. The van der Waals surface area contributed by atoms with Crippen LogP contribution in [0.3, 0.4) is 0 Å². The van der Waals surface area contributed by atoms with E-state index in [0.717, 1.165) is 25.9 Å². The van der Waals surface area contributed by atoms with Crippen molar-refractivity contribution in [1.29, 1.82) is 0 Å². The van der Waals surface area contributed by atoms with Gasteiger partial charge in [-0.1, -0.05) is 19.9 Å². The van der Waals surface area contributed by atoms with Crippen LogP contribution in [0.5, 0.6) is 5.75 Å². The maximum absolute atomic E-state index is 13.6. The van der Waals surface area contributed by atoms with E-state index in [2.05, 4.69) is 19.2 Å². The molecule has 2 aliphatic heterocycles. The maximum atomic E-state index is 13.6. The lowest BCUT2D eigenvalue weighted by molar-refractivity contribution is -0.137. The number of carbonyl (C=O) groups is 3. The summed E-state index contributed by atoms with van der Waals surface area (Å²) in [5.74, 6) is 1.00. The fourth-order valence-corrected chi connectivity index (χ4v) is 4.89. The van der Waals surface area contributed by atoms with E-state index < -0.39 is 6.04 Å². The van der Waals surface area contributed by atoms with Crippen molar-refractivity contribution in [3.8, 4) is 5.75 Å². The first kappa shape index (κ1) is 23.5. The van der Waals surface area contributed by atoms with Crippen LogP contribution >= 0.6 is 0 Å². The number of carbonyl (C=O) groups excluding carboxylic acids is 3. The molecule has 3 fully saturated rings. The summed E-state index contributed by atoms with van der Waals surface area (Å²) >= 11 is 0. The summed E-state index contributed by atoms with van der Waals surface area (Å²) in [6.07, 6.45) is 2.37. The standard InChI is InChI=1S/C25H36N4O4/c1-17(2)15-28(23(30)18-7-8-18)20-14-22(25(32)27-11-9-26-10-12-27)29(16-20)24(31)19-5-4-6-21(13-19)33-3/h4-6,13,17-18,20,22,26H,7-12,14-16H2,1-3H3. The molecule has 2 atom stereocenters. The number of nitrogens with one attached hydrogen (secondary N) is 1. The van der Waals surface area contributed by atoms with Gasteiger partial charge in [0, 0.05) is 50.7 Å². The molecule has 8 nitrogen and oxygen atoms in total. The first-order valence-corrected chi connectivity index (χ1v) is 12.1. The molecule has 0 radical (unpaired) electrons. The van der Waals surface area contributed by atoms with Crippen molar-refractivity contribution < 1.29 is 19.1 Å². The average Bonchev–Trinajstić information content (AvgIpc) is 3.60. The van der Waals surface area contributed by atoms with Crippen molar-refractivity contribution in [3.63, 3.8) is 0 Å². The summed E-state index contributed by atoms with van der Waals surface area (Å²) in [6, 6.07) is 6.34. The van der Waals surface area contributed by atoms with Crippen molar-refractivity contribution in [2.75, 3.05) is 46.4 Å². The number of benzene rings is 1. The van der Waals surface area contributed by atoms with Gasteiger partial charge in [0.25, 0.3) is 5.91 Å². The number of amides is 3. The molecule has 0 spiro atoms. The Labute approximate surface area is 196 Å². The number of hydrogen-bond acceptors (Lipinski definition) is 5. The topological polar surface area (TPSA) is 82.2 Å². The van der Waals surface area contributed by atoms with Gasteiger partial charge in [-0.2, -0.15) is 0 Å². The first-order valence-electron chi connectivity index (χ1n) is 12.1. The largest absolute Gasteiger partial charge is 0.497 e. The Hall–Kier alpha value is -2.61. The number of likely N-dealkylation sites (tertiary alicyclic amines) is 1. The van der Waals surface area contributed by atoms with Crippen molar-refractivity contribution in [3.05, 3.63) is 29.8 Å². The number of hydrogen-bond donors (Lipinski definition) is 1. The molecule has 3 aliphatic rings. The molecular weight excluding hydrogens is 420 g/mol. The highest BCUT2D eigenvalue weighted by Crippen LogP contribution is 2.35. The van der Waals surface area contributed by atoms with Crippen LogP contribution in [0, 0.1) is 11.8 Å². The van der Waals surface area contributed by atoms with Crippen LogP contribution in [0.25, 0.3) is 0 Å². The minimum absolute atomic E-state index is 0.0152. The lowest BCUT2D eigenvalue weighted by Gasteiger charge is -2.32. The van der Waals surface area contributed by atoms with Gasteiger partial charge in [-0.25, -0.2) is 0 Å². The van der Waals surface area contributed by atoms with E-state index in [4.69, 9.17) is 4.74 Å². The van der Waals surface area contributed by atoms with Crippen molar-refractivity contribution in [2.24, 2.45) is 11.8 Å². The van der Waals surface area contributed by atoms with E-state index >= 15 is 0 Å². The Morgan fingerprint density at radius 1 is 1.18 bits per heavy atom. The molecule has 0 bridgehead atoms. The van der Waals surface area contributed by atoms with Crippen LogP contribution in [-0.4, -0.2) is 90.9 Å². The zero-order valence-corrected chi connectivity index (χ0v) is 20.0. The third kappa shape index (κ3) is 5.32. The van der Waals surface area contributed by atoms with Gasteiger partial charge < -0.3 is 24.8 Å². The minimum Gasteiger partial charge on any atom is -0.497 e. The third-order valence-electron chi connectivity index (χ3n) is 6.78. The SMILES string of the molecule is COc1cccc(C(=O)N2CC(N(CC(C)C)C(=O)C3CC3)CC2C(=O)N2CCNCC2)c1. The van der Waals surface area contributed by atoms with Crippen molar-refractivity contribution in [1.82, 2.24) is 20.0 Å². The van der Waals surface area contributed by atoms with Gasteiger partial charge in [-0.15, -0.1) is 0 Å². The molecule has 33 heavy (non-hydrogen) atoms. The molecule has 2 heterocycles. The number of ether oxygens (including phenoxy) is 1. The highest BCUT2D eigenvalue weighted by molar-refractivity contribution is 5.98. The molecule has 1 N–H and O–H groups in total. The second-order valence-corrected chi connectivity index (χ2v) is 9.83. The molecule has 1 aliphatic carbocycles. The molecule has 1 aromatic rings. The molecular formula is C25H36N4O4. The molecule has 1 saturated carbocycles. The summed E-state index contributed by atoms with van der Waals surface area (Å²) in [5, 5.41) is 3.27. The molecule has 2 saturated heterocycles. The van der Waals surface area contributed by atoms with Gasteiger partial charge in [0.2, 0.25) is 11.8 Å². The van der Waals surface area contributed by atoms with Crippen LogP contribution in [0.1, 0.15) is 43.5 Å². The first-order chi connectivity index (χ1) is 15.9. The molecule has 8 heteroatoms. The molecule has 0 aromatic heterocycles. The Morgan fingerprint density at radius 3 is 2.55 bits per heavy atom. The second-order valence-electron chi connectivity index (χ2n) is 9.83. The van der Waals surface area contributed by atoms with Gasteiger partial charge in [0.05, 0.1) is 13.2 Å². The summed E-state index contributed by atoms with van der Waals surface area (Å²) in [7, 11) is 1.57. The predicted molar refractivity (Wildman–Crippen MR) is 125 cm³/mol. The van der Waals surface area contributed by atoms with E-state index in [-0.39, 0.29) is 29.7 Å². The van der Waals surface area contributed by atoms with Crippen LogP contribution in [0.4, 0.5) is 0 Å². The van der Waals surface area contributed by atoms with E-state index in [1.165, 1.54) is 0 Å². The normalized spacial score (nSPS) is 23.0. The van der Waals surface area contributed by atoms with Crippen molar-refractivity contribution in [2.45, 2.75) is 45.2 Å². The summed E-state index contributed by atoms with van der Waals surface area (Å²) in [4.78, 5) is 45.8. The molecule has 4 rings (SSSR count). The number of methoxy groups -OCH3 is 1. The second kappa shape index (κ2) is 10.1. The average molecular weight is 457 g/mol. The molecule has 2 unspecified atom stereocenters. The summed E-state index contributed by atoms with van der Waals surface area (Å²) < 4.78 is 5.30. The van der Waals surface area contributed by atoms with Crippen LogP contribution in [0.15, 0.2) is 24.3 Å². The molecule has 180 valence electrons. The van der Waals surface area contributed by atoms with Gasteiger partial charge in [-0.05, 0) is 43.4 Å². The van der Waals surface area contributed by atoms with E-state index in [0.29, 0.717) is 49.8 Å².